The molecule has 0 saturated heterocycles. The monoisotopic (exact) mass is 172 g/mol. The first kappa shape index (κ1) is 10.9. The second-order valence-electron chi connectivity index (χ2n) is 3.48. The Bertz CT molecular complexity index is 172. The SMILES string of the molecule is CN(C[C]=O)C(=O)OC(C)(C)C. The molecule has 0 spiro atoms. The highest BCUT2D eigenvalue weighted by Crippen LogP contribution is 2.08. The lowest BCUT2D eigenvalue weighted by Crippen LogP contribution is -2.35. The Morgan fingerprint density at radius 3 is 2.33 bits per heavy atom. The highest BCUT2D eigenvalue weighted by atomic mass is 16.6. The molecule has 0 aliphatic rings. The summed E-state index contributed by atoms with van der Waals surface area (Å²) in [6.07, 6.45) is 1.10. The van der Waals surface area contributed by atoms with Gasteiger partial charge >= 0.3 is 6.09 Å². The fourth-order valence-corrected chi connectivity index (χ4v) is 0.501. The molecule has 0 atom stereocenters. The number of rotatable bonds is 2. The summed E-state index contributed by atoms with van der Waals surface area (Å²) in [7, 11) is 1.49. The second kappa shape index (κ2) is 4.09. The van der Waals surface area contributed by atoms with Crippen LogP contribution in [-0.2, 0) is 9.53 Å². The minimum Gasteiger partial charge on any atom is -0.444 e. The first-order valence-electron chi connectivity index (χ1n) is 3.66. The molecule has 0 aliphatic heterocycles. The normalized spacial score (nSPS) is 10.7. The maximum Gasteiger partial charge on any atom is 0.410 e. The molecular formula is C8H14NO3. The summed E-state index contributed by atoms with van der Waals surface area (Å²) in [5.74, 6) is 0. The van der Waals surface area contributed by atoms with Gasteiger partial charge in [-0.25, -0.2) is 4.79 Å². The van der Waals surface area contributed by atoms with Gasteiger partial charge in [-0.05, 0) is 20.8 Å². The number of likely N-dealkylation sites (N-methyl/N-ethyl adjacent to an activating group) is 1. The molecule has 0 heterocycles. The standard InChI is InChI=1S/C8H14NO3/c1-8(2,3)12-7(11)9(4)5-6-10/h5H2,1-4H3. The smallest absolute Gasteiger partial charge is 0.410 e. The summed E-state index contributed by atoms with van der Waals surface area (Å²) in [6.45, 7) is 5.24. The number of hydrogen-bond acceptors (Lipinski definition) is 3. The summed E-state index contributed by atoms with van der Waals surface area (Å²) in [5, 5.41) is 0. The van der Waals surface area contributed by atoms with Gasteiger partial charge in [0, 0.05) is 7.05 Å². The van der Waals surface area contributed by atoms with Crippen LogP contribution in [0.3, 0.4) is 0 Å². The Hall–Kier alpha value is -1.06. The van der Waals surface area contributed by atoms with Gasteiger partial charge < -0.3 is 9.64 Å². The van der Waals surface area contributed by atoms with Crippen molar-refractivity contribution in [1.82, 2.24) is 4.90 Å². The van der Waals surface area contributed by atoms with E-state index in [-0.39, 0.29) is 6.54 Å². The maximum absolute atomic E-state index is 11.1. The highest BCUT2D eigenvalue weighted by Gasteiger charge is 2.18. The Balaban J connectivity index is 3.95. The van der Waals surface area contributed by atoms with Gasteiger partial charge in [0.1, 0.15) is 5.60 Å². The zero-order chi connectivity index (χ0) is 9.78. The van der Waals surface area contributed by atoms with E-state index in [2.05, 4.69) is 0 Å². The van der Waals surface area contributed by atoms with Crippen LogP contribution in [0.1, 0.15) is 20.8 Å². The van der Waals surface area contributed by atoms with Gasteiger partial charge in [0.05, 0.1) is 6.54 Å². The lowest BCUT2D eigenvalue weighted by molar-refractivity contribution is 0.0323. The summed E-state index contributed by atoms with van der Waals surface area (Å²) in [5.41, 5.74) is -0.520. The van der Waals surface area contributed by atoms with E-state index in [1.165, 1.54) is 7.05 Å². The molecule has 4 heteroatoms. The molecule has 69 valence electrons. The van der Waals surface area contributed by atoms with E-state index in [9.17, 15) is 9.59 Å². The average molecular weight is 172 g/mol. The first-order valence-corrected chi connectivity index (χ1v) is 3.66. The van der Waals surface area contributed by atoms with Crippen LogP contribution in [0.4, 0.5) is 4.79 Å². The van der Waals surface area contributed by atoms with E-state index < -0.39 is 11.7 Å². The number of nitrogens with zero attached hydrogens (tertiary/aromatic N) is 1. The van der Waals surface area contributed by atoms with Crippen molar-refractivity contribution < 1.29 is 14.3 Å². The van der Waals surface area contributed by atoms with E-state index in [0.29, 0.717) is 0 Å². The molecule has 12 heavy (non-hydrogen) atoms. The first-order chi connectivity index (χ1) is 5.37. The van der Waals surface area contributed by atoms with Crippen molar-refractivity contribution in [2.24, 2.45) is 0 Å². The molecule has 0 rings (SSSR count). The number of amides is 1. The van der Waals surface area contributed by atoms with Gasteiger partial charge in [0.15, 0.2) is 0 Å². The van der Waals surface area contributed by atoms with Gasteiger partial charge in [-0.3, -0.25) is 4.79 Å². The van der Waals surface area contributed by atoms with Crippen molar-refractivity contribution in [3.63, 3.8) is 0 Å². The quantitative estimate of drug-likeness (QED) is 0.623. The van der Waals surface area contributed by atoms with Crippen molar-refractivity contribution in [3.05, 3.63) is 0 Å². The Kier molecular flexibility index (Phi) is 3.73. The summed E-state index contributed by atoms with van der Waals surface area (Å²) in [4.78, 5) is 22.1. The zero-order valence-electron chi connectivity index (χ0n) is 7.88. The van der Waals surface area contributed by atoms with Gasteiger partial charge in [-0.2, -0.15) is 0 Å². The largest absolute Gasteiger partial charge is 0.444 e. The predicted molar refractivity (Wildman–Crippen MR) is 44.6 cm³/mol. The van der Waals surface area contributed by atoms with Crippen LogP contribution < -0.4 is 0 Å². The van der Waals surface area contributed by atoms with E-state index in [1.807, 2.05) is 0 Å². The number of carbonyl (C=O) groups is 1. The number of ether oxygens (including phenoxy) is 1. The number of carbonyl (C=O) groups excluding carboxylic acids is 2. The maximum atomic E-state index is 11.1. The zero-order valence-corrected chi connectivity index (χ0v) is 7.88. The van der Waals surface area contributed by atoms with Crippen molar-refractivity contribution in [2.45, 2.75) is 26.4 Å². The summed E-state index contributed by atoms with van der Waals surface area (Å²) >= 11 is 0. The molecule has 0 bridgehead atoms. The Labute approximate surface area is 72.5 Å². The van der Waals surface area contributed by atoms with Crippen molar-refractivity contribution in [1.29, 1.82) is 0 Å². The molecular weight excluding hydrogens is 158 g/mol. The molecule has 0 aliphatic carbocycles. The summed E-state index contributed by atoms with van der Waals surface area (Å²) in [6, 6.07) is 0. The van der Waals surface area contributed by atoms with Crippen LogP contribution >= 0.6 is 0 Å². The molecule has 4 nitrogen and oxygen atoms in total. The summed E-state index contributed by atoms with van der Waals surface area (Å²) < 4.78 is 4.96. The van der Waals surface area contributed by atoms with E-state index in [4.69, 9.17) is 4.74 Å². The van der Waals surface area contributed by atoms with Crippen LogP contribution in [0.5, 0.6) is 0 Å². The Morgan fingerprint density at radius 1 is 1.50 bits per heavy atom. The van der Waals surface area contributed by atoms with Gasteiger partial charge in [0.2, 0.25) is 6.29 Å². The average Bonchev–Trinajstić information content (AvgIpc) is 1.84. The second-order valence-corrected chi connectivity index (χ2v) is 3.48. The van der Waals surface area contributed by atoms with Crippen LogP contribution in [0.2, 0.25) is 0 Å². The minimum absolute atomic E-state index is 0.0606. The molecule has 0 aromatic rings. The fourth-order valence-electron chi connectivity index (χ4n) is 0.501. The van der Waals surface area contributed by atoms with Crippen LogP contribution in [0.15, 0.2) is 0 Å². The molecule has 0 aromatic heterocycles. The highest BCUT2D eigenvalue weighted by molar-refractivity contribution is 5.71. The molecule has 0 N–H and O–H groups in total. The van der Waals surface area contributed by atoms with E-state index >= 15 is 0 Å². The molecule has 0 aromatic carbocycles. The van der Waals surface area contributed by atoms with Gasteiger partial charge in [-0.1, -0.05) is 0 Å². The molecule has 1 radical (unpaired) electrons. The lowest BCUT2D eigenvalue weighted by Gasteiger charge is -2.23. The third-order valence-corrected chi connectivity index (χ3v) is 1.01. The van der Waals surface area contributed by atoms with Gasteiger partial charge in [0.25, 0.3) is 0 Å². The van der Waals surface area contributed by atoms with Crippen molar-refractivity contribution in [2.75, 3.05) is 13.6 Å². The predicted octanol–water partition coefficient (Wildman–Crippen LogP) is 0.963. The fraction of sp³-hybridized carbons (Fsp3) is 0.750. The third-order valence-electron chi connectivity index (χ3n) is 1.01. The molecule has 1 amide bonds. The van der Waals surface area contributed by atoms with Crippen molar-refractivity contribution >= 4 is 12.4 Å². The van der Waals surface area contributed by atoms with Gasteiger partial charge in [-0.15, -0.1) is 0 Å². The van der Waals surface area contributed by atoms with Crippen LogP contribution in [0, 0.1) is 0 Å². The minimum atomic E-state index is -0.520. The van der Waals surface area contributed by atoms with Crippen LogP contribution in [0.25, 0.3) is 0 Å². The topological polar surface area (TPSA) is 46.6 Å². The van der Waals surface area contributed by atoms with E-state index in [1.54, 1.807) is 27.1 Å². The van der Waals surface area contributed by atoms with Crippen molar-refractivity contribution in [3.8, 4) is 0 Å². The van der Waals surface area contributed by atoms with Crippen LogP contribution in [-0.4, -0.2) is 36.5 Å². The molecule has 0 unspecified atom stereocenters. The third kappa shape index (κ3) is 4.71. The Morgan fingerprint density at radius 2 is 2.00 bits per heavy atom. The molecule has 0 fully saturated rings. The van der Waals surface area contributed by atoms with E-state index in [0.717, 1.165) is 4.90 Å². The lowest BCUT2D eigenvalue weighted by atomic mass is 10.2. The number of hydrogen-bond donors (Lipinski definition) is 0. The molecule has 0 saturated carbocycles.